The Balaban J connectivity index is 3.14. The third-order valence-electron chi connectivity index (χ3n) is 2.92. The lowest BCUT2D eigenvalue weighted by Gasteiger charge is -2.22. The van der Waals surface area contributed by atoms with Gasteiger partial charge in [0.2, 0.25) is 0 Å². The summed E-state index contributed by atoms with van der Waals surface area (Å²) in [5.74, 6) is 3.03. The van der Waals surface area contributed by atoms with Crippen molar-refractivity contribution in [3.63, 3.8) is 0 Å². The predicted octanol–water partition coefficient (Wildman–Crippen LogP) is 2.30. The Morgan fingerprint density at radius 2 is 1.80 bits per heavy atom. The van der Waals surface area contributed by atoms with E-state index < -0.39 is 10.8 Å². The maximum atomic E-state index is 11.3. The summed E-state index contributed by atoms with van der Waals surface area (Å²) in [7, 11) is 1.03. The van der Waals surface area contributed by atoms with Crippen LogP contribution in [0.5, 0.6) is 0 Å². The van der Waals surface area contributed by atoms with Crippen LogP contribution in [0.25, 0.3) is 0 Å². The molecule has 0 aliphatic heterocycles. The summed E-state index contributed by atoms with van der Waals surface area (Å²) in [6.07, 6.45) is 1.71. The number of aromatic nitrogens is 2. The fraction of sp³-hybridized carbons (Fsp3) is 0.714. The summed E-state index contributed by atoms with van der Waals surface area (Å²) >= 11 is 0. The lowest BCUT2D eigenvalue weighted by Crippen LogP contribution is -2.25. The van der Waals surface area contributed by atoms with Gasteiger partial charge in [-0.1, -0.05) is 20.8 Å². The van der Waals surface area contributed by atoms with Gasteiger partial charge in [0.1, 0.15) is 17.5 Å². The van der Waals surface area contributed by atoms with E-state index in [2.05, 4.69) is 41.4 Å². The van der Waals surface area contributed by atoms with Crippen LogP contribution >= 0.6 is 0 Å². The fourth-order valence-corrected chi connectivity index (χ4v) is 2.65. The molecule has 0 saturated carbocycles. The third-order valence-corrected chi connectivity index (χ3v) is 3.89. The highest BCUT2D eigenvalue weighted by Gasteiger charge is 2.21. The largest absolute Gasteiger partial charge is 0.373 e. The Morgan fingerprint density at radius 1 is 1.25 bits per heavy atom. The zero-order chi connectivity index (χ0) is 15.5. The van der Waals surface area contributed by atoms with Crippen molar-refractivity contribution in [1.82, 2.24) is 9.97 Å². The number of hydrogen-bond donors (Lipinski definition) is 2. The summed E-state index contributed by atoms with van der Waals surface area (Å²) in [5, 5.41) is 6.46. The zero-order valence-corrected chi connectivity index (χ0v) is 14.3. The summed E-state index contributed by atoms with van der Waals surface area (Å²) < 4.78 is 11.3. The molecule has 1 aromatic rings. The Labute approximate surface area is 124 Å². The molecular formula is C14H26N4OS. The maximum absolute atomic E-state index is 11.3. The van der Waals surface area contributed by atoms with Crippen LogP contribution in [0.3, 0.4) is 0 Å². The maximum Gasteiger partial charge on any atom is 0.138 e. The van der Waals surface area contributed by atoms with Crippen LogP contribution in [0.15, 0.2) is 0 Å². The van der Waals surface area contributed by atoms with Gasteiger partial charge < -0.3 is 10.6 Å². The molecule has 0 saturated heterocycles. The van der Waals surface area contributed by atoms with Gasteiger partial charge in [0.25, 0.3) is 0 Å². The van der Waals surface area contributed by atoms with Gasteiger partial charge in [0.05, 0.1) is 0 Å². The van der Waals surface area contributed by atoms with Crippen molar-refractivity contribution in [1.29, 1.82) is 0 Å². The van der Waals surface area contributed by atoms with Crippen molar-refractivity contribution < 1.29 is 4.21 Å². The second kappa shape index (κ2) is 6.52. The topological polar surface area (TPSA) is 66.9 Å². The van der Waals surface area contributed by atoms with Gasteiger partial charge in [-0.05, 0) is 13.8 Å². The van der Waals surface area contributed by atoms with Crippen molar-refractivity contribution >= 4 is 22.4 Å². The first-order valence-corrected chi connectivity index (χ1v) is 8.51. The molecule has 20 heavy (non-hydrogen) atoms. The highest BCUT2D eigenvalue weighted by molar-refractivity contribution is 7.84. The molecule has 0 aromatic carbocycles. The Morgan fingerprint density at radius 3 is 2.25 bits per heavy atom. The van der Waals surface area contributed by atoms with E-state index in [1.54, 1.807) is 6.26 Å². The molecular weight excluding hydrogens is 272 g/mol. The van der Waals surface area contributed by atoms with Crippen molar-refractivity contribution in [2.24, 2.45) is 0 Å². The molecule has 1 aromatic heterocycles. The summed E-state index contributed by atoms with van der Waals surface area (Å²) in [6.45, 7) is 10.3. The van der Waals surface area contributed by atoms with Crippen LogP contribution in [-0.2, 0) is 16.2 Å². The molecule has 2 atom stereocenters. The van der Waals surface area contributed by atoms with Crippen LogP contribution in [0.2, 0.25) is 0 Å². The monoisotopic (exact) mass is 298 g/mol. The molecule has 0 spiro atoms. The molecule has 0 bridgehead atoms. The number of nitrogens with one attached hydrogen (secondary N) is 2. The Kier molecular flexibility index (Phi) is 5.50. The van der Waals surface area contributed by atoms with Gasteiger partial charge in [-0.3, -0.25) is 4.21 Å². The number of rotatable bonds is 5. The van der Waals surface area contributed by atoms with E-state index >= 15 is 0 Å². The molecule has 114 valence electrons. The van der Waals surface area contributed by atoms with Crippen molar-refractivity contribution in [2.75, 3.05) is 29.7 Å². The van der Waals surface area contributed by atoms with Gasteiger partial charge >= 0.3 is 0 Å². The average Bonchev–Trinajstić information content (AvgIpc) is 2.29. The normalized spacial score (nSPS) is 14.8. The van der Waals surface area contributed by atoms with E-state index in [4.69, 9.17) is 0 Å². The Hall–Kier alpha value is -1.17. The molecule has 1 rings (SSSR count). The van der Waals surface area contributed by atoms with E-state index in [9.17, 15) is 4.21 Å². The van der Waals surface area contributed by atoms with Gasteiger partial charge in [-0.15, -0.1) is 0 Å². The Bertz CT molecular complexity index is 497. The van der Waals surface area contributed by atoms with Crippen molar-refractivity contribution in [3.8, 4) is 0 Å². The molecule has 0 amide bonds. The highest BCUT2D eigenvalue weighted by atomic mass is 32.2. The van der Waals surface area contributed by atoms with Crippen LogP contribution in [0, 0.1) is 6.92 Å². The van der Waals surface area contributed by atoms with E-state index in [0.717, 1.165) is 23.0 Å². The molecule has 0 aliphatic rings. The SMILES string of the molecule is CNc1nc(C(C)(C)C)nc(NC(C)CS(C)=O)c1C. The first kappa shape index (κ1) is 16.9. The lowest BCUT2D eigenvalue weighted by molar-refractivity contribution is 0.546. The molecule has 2 N–H and O–H groups in total. The summed E-state index contributed by atoms with van der Waals surface area (Å²) in [4.78, 5) is 9.21. The summed E-state index contributed by atoms with van der Waals surface area (Å²) in [6, 6.07) is 0.104. The standard InChI is InChI=1S/C14H26N4OS/c1-9(8-20(7)19)16-12-10(2)11(15-6)17-13(18-12)14(3,4)5/h9H,8H2,1-7H3,(H2,15,16,17,18). The van der Waals surface area contributed by atoms with Crippen LogP contribution in [-0.4, -0.2) is 39.3 Å². The van der Waals surface area contributed by atoms with Crippen LogP contribution < -0.4 is 10.6 Å². The van der Waals surface area contributed by atoms with Gasteiger partial charge in [0, 0.05) is 46.9 Å². The molecule has 2 unspecified atom stereocenters. The number of nitrogens with zero attached hydrogens (tertiary/aromatic N) is 2. The minimum absolute atomic E-state index is 0.104. The fourth-order valence-electron chi connectivity index (χ4n) is 1.86. The van der Waals surface area contributed by atoms with Crippen LogP contribution in [0.4, 0.5) is 11.6 Å². The zero-order valence-electron chi connectivity index (χ0n) is 13.5. The predicted molar refractivity (Wildman–Crippen MR) is 87.0 cm³/mol. The van der Waals surface area contributed by atoms with Gasteiger partial charge in [-0.25, -0.2) is 9.97 Å². The third kappa shape index (κ3) is 4.44. The lowest BCUT2D eigenvalue weighted by atomic mass is 9.95. The molecule has 0 fully saturated rings. The number of anilines is 2. The van der Waals surface area contributed by atoms with E-state index in [1.165, 1.54) is 0 Å². The number of hydrogen-bond acceptors (Lipinski definition) is 5. The quantitative estimate of drug-likeness (QED) is 0.873. The smallest absolute Gasteiger partial charge is 0.138 e. The van der Waals surface area contributed by atoms with E-state index in [0.29, 0.717) is 5.75 Å². The minimum Gasteiger partial charge on any atom is -0.373 e. The molecule has 0 radical (unpaired) electrons. The van der Waals surface area contributed by atoms with E-state index in [-0.39, 0.29) is 11.5 Å². The van der Waals surface area contributed by atoms with Gasteiger partial charge in [-0.2, -0.15) is 0 Å². The minimum atomic E-state index is -0.827. The summed E-state index contributed by atoms with van der Waals surface area (Å²) in [5.41, 5.74) is 0.862. The molecule has 5 nitrogen and oxygen atoms in total. The van der Waals surface area contributed by atoms with Gasteiger partial charge in [0.15, 0.2) is 0 Å². The molecule has 6 heteroatoms. The van der Waals surface area contributed by atoms with E-state index in [1.807, 2.05) is 20.9 Å². The van der Waals surface area contributed by atoms with Crippen molar-refractivity contribution in [3.05, 3.63) is 11.4 Å². The second-order valence-corrected chi connectivity index (χ2v) is 7.63. The highest BCUT2D eigenvalue weighted by Crippen LogP contribution is 2.26. The molecule has 0 aliphatic carbocycles. The molecule has 1 heterocycles. The first-order chi connectivity index (χ1) is 9.15. The first-order valence-electron chi connectivity index (χ1n) is 6.78. The average molecular weight is 298 g/mol. The van der Waals surface area contributed by atoms with Crippen molar-refractivity contribution in [2.45, 2.75) is 46.1 Å². The second-order valence-electron chi connectivity index (χ2n) is 6.15. The van der Waals surface area contributed by atoms with Crippen LogP contribution in [0.1, 0.15) is 39.1 Å².